The predicted molar refractivity (Wildman–Crippen MR) is 140 cm³/mol. The Kier molecular flexibility index (Phi) is 5.47. The summed E-state index contributed by atoms with van der Waals surface area (Å²) in [5.74, 6) is 1.43. The van der Waals surface area contributed by atoms with Gasteiger partial charge in [0.25, 0.3) is 11.4 Å². The highest BCUT2D eigenvalue weighted by atomic mass is 16.5. The van der Waals surface area contributed by atoms with Gasteiger partial charge in [-0.15, -0.1) is 0 Å². The molecule has 6 rings (SSSR count). The van der Waals surface area contributed by atoms with E-state index in [0.717, 1.165) is 35.0 Å². The van der Waals surface area contributed by atoms with Gasteiger partial charge in [-0.1, -0.05) is 30.3 Å². The molecule has 1 atom stereocenters. The summed E-state index contributed by atoms with van der Waals surface area (Å²) in [5.41, 5.74) is 9.35. The van der Waals surface area contributed by atoms with Gasteiger partial charge in [0.05, 0.1) is 17.6 Å². The summed E-state index contributed by atoms with van der Waals surface area (Å²) in [7, 11) is 1.87. The number of anilines is 2. The number of hydrogen-bond donors (Lipinski definition) is 2. The summed E-state index contributed by atoms with van der Waals surface area (Å²) in [6.07, 6.45) is 7.76. The summed E-state index contributed by atoms with van der Waals surface area (Å²) in [6.45, 7) is 3.80. The van der Waals surface area contributed by atoms with Crippen molar-refractivity contribution in [2.24, 2.45) is 7.05 Å². The third kappa shape index (κ3) is 4.02. The topological polar surface area (TPSA) is 143 Å². The van der Waals surface area contributed by atoms with E-state index in [9.17, 15) is 4.79 Å². The third-order valence-corrected chi connectivity index (χ3v) is 6.73. The largest absolute Gasteiger partial charge is 0.383 e. The van der Waals surface area contributed by atoms with E-state index in [1.54, 1.807) is 17.8 Å². The second-order valence-electron chi connectivity index (χ2n) is 9.38. The molecule has 5 aromatic rings. The summed E-state index contributed by atoms with van der Waals surface area (Å²) < 4.78 is 9.07. The number of fused-ring (bicyclic) bond motifs is 1. The average molecular weight is 498 g/mol. The Morgan fingerprint density at radius 3 is 2.78 bits per heavy atom. The quantitative estimate of drug-likeness (QED) is 0.341. The molecule has 0 radical (unpaired) electrons. The Labute approximate surface area is 212 Å². The molecule has 0 bridgehead atoms. The van der Waals surface area contributed by atoms with Crippen LogP contribution in [0.3, 0.4) is 0 Å². The number of hydrogen-bond acceptors (Lipinski definition) is 9. The van der Waals surface area contributed by atoms with Crippen LogP contribution >= 0.6 is 0 Å². The minimum absolute atomic E-state index is 0.00431. The normalized spacial score (nSPS) is 14.2. The van der Waals surface area contributed by atoms with Crippen LogP contribution in [0.25, 0.3) is 33.4 Å². The van der Waals surface area contributed by atoms with Crippen molar-refractivity contribution in [3.05, 3.63) is 64.9 Å². The molecule has 11 nitrogen and oxygen atoms in total. The Morgan fingerprint density at radius 1 is 1.27 bits per heavy atom. The van der Waals surface area contributed by atoms with Crippen LogP contribution in [-0.2, 0) is 7.05 Å². The number of aromatic nitrogens is 7. The van der Waals surface area contributed by atoms with Gasteiger partial charge < -0.3 is 20.1 Å². The molecule has 37 heavy (non-hydrogen) atoms. The standard InChI is InChI=1S/C26H27N9O2/c1-4-19(32-24-22(23(27)28-13-29-24)25-31-14(2)33-37-25)20-10-15-6-5-7-18(16-11-30-34(3)12-16)21(15)26(36)35(20)17-8-9-17/h5-7,10-13,17,19H,4,8-9H2,1-3H3,(H3,27,28,29,32). The average Bonchev–Trinajstić information content (AvgIpc) is 3.48. The Morgan fingerprint density at radius 2 is 2.11 bits per heavy atom. The molecule has 1 fully saturated rings. The number of rotatable bonds is 7. The molecule has 4 aromatic heterocycles. The van der Waals surface area contributed by atoms with Gasteiger partial charge in [-0.05, 0) is 43.2 Å². The molecular weight excluding hydrogens is 470 g/mol. The maximum atomic E-state index is 14.1. The minimum atomic E-state index is -0.225. The first kappa shape index (κ1) is 22.9. The highest BCUT2D eigenvalue weighted by molar-refractivity contribution is 5.96. The van der Waals surface area contributed by atoms with Crippen molar-refractivity contribution in [1.82, 2.24) is 34.5 Å². The van der Waals surface area contributed by atoms with Gasteiger partial charge in [0.1, 0.15) is 23.5 Å². The van der Waals surface area contributed by atoms with Gasteiger partial charge in [0, 0.05) is 30.5 Å². The van der Waals surface area contributed by atoms with Gasteiger partial charge in [-0.3, -0.25) is 9.48 Å². The van der Waals surface area contributed by atoms with Gasteiger partial charge in [-0.25, -0.2) is 9.97 Å². The van der Waals surface area contributed by atoms with Gasteiger partial charge in [-0.2, -0.15) is 10.1 Å². The fourth-order valence-corrected chi connectivity index (χ4v) is 4.84. The smallest absolute Gasteiger partial charge is 0.265 e. The molecule has 1 aliphatic carbocycles. The van der Waals surface area contributed by atoms with Crippen LogP contribution in [0, 0.1) is 6.92 Å². The first-order valence-electron chi connectivity index (χ1n) is 12.3. The zero-order valence-corrected chi connectivity index (χ0v) is 20.8. The first-order valence-corrected chi connectivity index (χ1v) is 12.3. The van der Waals surface area contributed by atoms with E-state index in [1.807, 2.05) is 36.0 Å². The number of nitrogens with zero attached hydrogens (tertiary/aromatic N) is 7. The van der Waals surface area contributed by atoms with Crippen molar-refractivity contribution in [3.63, 3.8) is 0 Å². The molecule has 0 amide bonds. The first-order chi connectivity index (χ1) is 17.9. The van der Waals surface area contributed by atoms with Crippen molar-refractivity contribution in [3.8, 4) is 22.6 Å². The lowest BCUT2D eigenvalue weighted by Crippen LogP contribution is -2.27. The van der Waals surface area contributed by atoms with Crippen LogP contribution in [-0.4, -0.2) is 34.5 Å². The lowest BCUT2D eigenvalue weighted by atomic mass is 9.99. The molecule has 4 heterocycles. The lowest BCUT2D eigenvalue weighted by molar-refractivity contribution is 0.425. The molecule has 1 aliphatic rings. The number of nitrogen functional groups attached to an aromatic ring is 1. The number of aryl methyl sites for hydroxylation is 2. The third-order valence-electron chi connectivity index (χ3n) is 6.73. The van der Waals surface area contributed by atoms with Crippen LogP contribution in [0.2, 0.25) is 0 Å². The van der Waals surface area contributed by atoms with Crippen molar-refractivity contribution < 1.29 is 4.52 Å². The van der Waals surface area contributed by atoms with E-state index < -0.39 is 0 Å². The summed E-state index contributed by atoms with van der Waals surface area (Å²) in [6, 6.07) is 7.99. The molecule has 1 aromatic carbocycles. The highest BCUT2D eigenvalue weighted by Gasteiger charge is 2.31. The van der Waals surface area contributed by atoms with Crippen LogP contribution in [0.4, 0.5) is 11.6 Å². The van der Waals surface area contributed by atoms with Crippen LogP contribution < -0.4 is 16.6 Å². The van der Waals surface area contributed by atoms with E-state index >= 15 is 0 Å². The fourth-order valence-electron chi connectivity index (χ4n) is 4.84. The summed E-state index contributed by atoms with van der Waals surface area (Å²) in [4.78, 5) is 27.0. The second kappa shape index (κ2) is 8.84. The molecule has 11 heteroatoms. The highest BCUT2D eigenvalue weighted by Crippen LogP contribution is 2.39. The van der Waals surface area contributed by atoms with Crippen LogP contribution in [0.15, 0.2) is 52.3 Å². The van der Waals surface area contributed by atoms with E-state index in [0.29, 0.717) is 29.0 Å². The van der Waals surface area contributed by atoms with Gasteiger partial charge >= 0.3 is 0 Å². The fraction of sp³-hybridized carbons (Fsp3) is 0.308. The number of nitrogens with one attached hydrogen (secondary N) is 1. The van der Waals surface area contributed by atoms with E-state index in [-0.39, 0.29) is 29.4 Å². The molecule has 3 N–H and O–H groups in total. The van der Waals surface area contributed by atoms with Crippen molar-refractivity contribution in [2.45, 2.75) is 45.2 Å². The van der Waals surface area contributed by atoms with Crippen LogP contribution in [0.1, 0.15) is 49.8 Å². The SMILES string of the molecule is CCC(Nc1ncnc(N)c1-c1nc(C)no1)c1cc2cccc(-c3cnn(C)c3)c2c(=O)n1C1CC1. The maximum absolute atomic E-state index is 14.1. The monoisotopic (exact) mass is 497 g/mol. The van der Waals surface area contributed by atoms with Crippen molar-refractivity contribution in [1.29, 1.82) is 0 Å². The molecule has 188 valence electrons. The minimum Gasteiger partial charge on any atom is -0.383 e. The molecular formula is C26H27N9O2. The molecule has 0 aliphatic heterocycles. The van der Waals surface area contributed by atoms with E-state index in [2.05, 4.69) is 43.5 Å². The van der Waals surface area contributed by atoms with Gasteiger partial charge in [0.2, 0.25) is 0 Å². The number of pyridine rings is 1. The summed E-state index contributed by atoms with van der Waals surface area (Å²) in [5, 5.41) is 13.3. The predicted octanol–water partition coefficient (Wildman–Crippen LogP) is 4.03. The maximum Gasteiger partial charge on any atom is 0.265 e. The molecule has 0 spiro atoms. The number of nitrogens with two attached hydrogens (primary N) is 1. The van der Waals surface area contributed by atoms with Gasteiger partial charge in [0.15, 0.2) is 5.82 Å². The molecule has 1 saturated carbocycles. The Bertz CT molecular complexity index is 1680. The van der Waals surface area contributed by atoms with E-state index in [1.165, 1.54) is 6.33 Å². The Balaban J connectivity index is 1.50. The summed E-state index contributed by atoms with van der Waals surface area (Å²) >= 11 is 0. The van der Waals surface area contributed by atoms with Crippen LogP contribution in [0.5, 0.6) is 0 Å². The zero-order chi connectivity index (χ0) is 25.7. The molecule has 1 unspecified atom stereocenters. The molecule has 0 saturated heterocycles. The number of benzene rings is 1. The Hall–Kier alpha value is -4.54. The second-order valence-corrected chi connectivity index (χ2v) is 9.38. The van der Waals surface area contributed by atoms with Crippen molar-refractivity contribution >= 4 is 22.4 Å². The zero-order valence-electron chi connectivity index (χ0n) is 20.8. The van der Waals surface area contributed by atoms with Crippen molar-refractivity contribution in [2.75, 3.05) is 11.1 Å². The lowest BCUT2D eigenvalue weighted by Gasteiger charge is -2.24. The van der Waals surface area contributed by atoms with E-state index in [4.69, 9.17) is 10.3 Å².